The molecule has 1 aromatic carbocycles. The van der Waals surface area contributed by atoms with Gasteiger partial charge in [0.15, 0.2) is 10.9 Å². The fourth-order valence-corrected chi connectivity index (χ4v) is 4.47. The molecule has 1 aliphatic heterocycles. The molecule has 0 bridgehead atoms. The van der Waals surface area contributed by atoms with Crippen molar-refractivity contribution in [2.24, 2.45) is 0 Å². The molecule has 3 heterocycles. The zero-order valence-electron chi connectivity index (χ0n) is 20.0. The fourth-order valence-electron chi connectivity index (χ4n) is 3.78. The van der Waals surface area contributed by atoms with Gasteiger partial charge in [0.2, 0.25) is 11.8 Å². The van der Waals surface area contributed by atoms with Gasteiger partial charge in [-0.1, -0.05) is 35.6 Å². The number of likely N-dealkylation sites (tertiary alicyclic amines) is 1. The number of aromatic nitrogens is 3. The fraction of sp³-hybridized carbons (Fsp3) is 0.320. The van der Waals surface area contributed by atoms with Gasteiger partial charge in [-0.2, -0.15) is 13.2 Å². The van der Waals surface area contributed by atoms with Gasteiger partial charge in [-0.05, 0) is 44.5 Å². The Hall–Kier alpha value is -3.64. The summed E-state index contributed by atoms with van der Waals surface area (Å²) in [6, 6.07) is 7.06. The monoisotopic (exact) mass is 530 g/mol. The molecular formula is C25H25F3N6O2S. The van der Waals surface area contributed by atoms with E-state index in [1.54, 1.807) is 31.2 Å². The molecule has 2 aromatic heterocycles. The van der Waals surface area contributed by atoms with Crippen LogP contribution >= 0.6 is 11.3 Å². The minimum atomic E-state index is -4.51. The van der Waals surface area contributed by atoms with Gasteiger partial charge in [0.25, 0.3) is 0 Å². The minimum Gasteiger partial charge on any atom is -0.306 e. The van der Waals surface area contributed by atoms with E-state index in [0.29, 0.717) is 40.2 Å². The Bertz CT molecular complexity index is 1270. The largest absolute Gasteiger partial charge is 0.427 e. The zero-order valence-corrected chi connectivity index (χ0v) is 20.8. The van der Waals surface area contributed by atoms with Crippen LogP contribution in [0.2, 0.25) is 0 Å². The smallest absolute Gasteiger partial charge is 0.306 e. The van der Waals surface area contributed by atoms with Crippen LogP contribution in [0.25, 0.3) is 11.3 Å². The Morgan fingerprint density at radius 3 is 2.57 bits per heavy atom. The number of thiazole rings is 1. The van der Waals surface area contributed by atoms with E-state index < -0.39 is 22.9 Å². The molecule has 1 atom stereocenters. The highest BCUT2D eigenvalue weighted by molar-refractivity contribution is 7.15. The van der Waals surface area contributed by atoms with Gasteiger partial charge in [0.1, 0.15) is 4.88 Å². The number of nitrogens with zero attached hydrogens (tertiary/aromatic N) is 4. The lowest BCUT2D eigenvalue weighted by atomic mass is 9.97. The Kier molecular flexibility index (Phi) is 8.29. The summed E-state index contributed by atoms with van der Waals surface area (Å²) in [4.78, 5) is 38.4. The third-order valence-electron chi connectivity index (χ3n) is 5.83. The first-order valence-corrected chi connectivity index (χ1v) is 12.5. The van der Waals surface area contributed by atoms with E-state index in [2.05, 4.69) is 30.5 Å². The molecule has 0 aliphatic carbocycles. The lowest BCUT2D eigenvalue weighted by Crippen LogP contribution is -2.19. The first-order valence-electron chi connectivity index (χ1n) is 11.6. The second kappa shape index (κ2) is 11.6. The molecule has 12 heteroatoms. The maximum absolute atomic E-state index is 12.8. The number of hydrogen-bond donors (Lipinski definition) is 2. The molecule has 0 radical (unpaired) electrons. The molecule has 194 valence electrons. The SMILES string of the molecule is CC(C(=O)Nc1ncc(C(F)(F)F)s1)c1cccc(-c2cnc(NC(=O)/C=C/CN3CCCC3)cn2)c1. The van der Waals surface area contributed by atoms with Crippen LogP contribution in [0, 0.1) is 0 Å². The predicted molar refractivity (Wildman–Crippen MR) is 135 cm³/mol. The van der Waals surface area contributed by atoms with Crippen LogP contribution in [0.15, 0.2) is 55.0 Å². The Morgan fingerprint density at radius 1 is 1.11 bits per heavy atom. The normalized spacial score (nSPS) is 15.1. The van der Waals surface area contributed by atoms with E-state index >= 15 is 0 Å². The van der Waals surface area contributed by atoms with Gasteiger partial charge in [0, 0.05) is 18.2 Å². The van der Waals surface area contributed by atoms with Crippen molar-refractivity contribution in [3.8, 4) is 11.3 Å². The molecule has 0 spiro atoms. The molecule has 1 unspecified atom stereocenters. The minimum absolute atomic E-state index is 0.116. The Labute approximate surface area is 215 Å². The average Bonchev–Trinajstić information content (AvgIpc) is 3.56. The van der Waals surface area contributed by atoms with E-state index in [-0.39, 0.29) is 11.0 Å². The second-order valence-corrected chi connectivity index (χ2v) is 9.58. The predicted octanol–water partition coefficient (Wildman–Crippen LogP) is 4.95. The molecule has 1 fully saturated rings. The van der Waals surface area contributed by atoms with Gasteiger partial charge in [-0.25, -0.2) is 9.97 Å². The van der Waals surface area contributed by atoms with Gasteiger partial charge < -0.3 is 10.6 Å². The van der Waals surface area contributed by atoms with Crippen molar-refractivity contribution in [1.29, 1.82) is 0 Å². The van der Waals surface area contributed by atoms with Crippen LogP contribution in [0.4, 0.5) is 24.1 Å². The van der Waals surface area contributed by atoms with Crippen molar-refractivity contribution < 1.29 is 22.8 Å². The highest BCUT2D eigenvalue weighted by Crippen LogP contribution is 2.35. The quantitative estimate of drug-likeness (QED) is 0.400. The van der Waals surface area contributed by atoms with Crippen molar-refractivity contribution >= 4 is 34.1 Å². The number of benzene rings is 1. The van der Waals surface area contributed by atoms with E-state index in [4.69, 9.17) is 0 Å². The molecule has 2 N–H and O–H groups in total. The Balaban J connectivity index is 1.35. The number of anilines is 2. The lowest BCUT2D eigenvalue weighted by molar-refractivity contribution is -0.134. The molecule has 3 aromatic rings. The molecule has 4 rings (SSSR count). The highest BCUT2D eigenvalue weighted by Gasteiger charge is 2.33. The van der Waals surface area contributed by atoms with Gasteiger partial charge in [-0.15, -0.1) is 0 Å². The number of amides is 2. The van der Waals surface area contributed by atoms with Crippen molar-refractivity contribution in [2.75, 3.05) is 30.3 Å². The summed E-state index contributed by atoms with van der Waals surface area (Å²) in [7, 11) is 0. The zero-order chi connectivity index (χ0) is 26.4. The number of alkyl halides is 3. The molecule has 2 amide bonds. The third kappa shape index (κ3) is 7.20. The molecule has 1 saturated heterocycles. The summed E-state index contributed by atoms with van der Waals surface area (Å²) in [6.45, 7) is 4.49. The van der Waals surface area contributed by atoms with Crippen LogP contribution in [0.3, 0.4) is 0 Å². The van der Waals surface area contributed by atoms with Crippen LogP contribution in [-0.4, -0.2) is 51.3 Å². The summed E-state index contributed by atoms with van der Waals surface area (Å²) < 4.78 is 38.3. The third-order valence-corrected chi connectivity index (χ3v) is 6.78. The van der Waals surface area contributed by atoms with E-state index in [1.807, 2.05) is 6.08 Å². The molecule has 1 aliphatic rings. The number of nitrogens with one attached hydrogen (secondary N) is 2. The van der Waals surface area contributed by atoms with Crippen LogP contribution in [0.5, 0.6) is 0 Å². The summed E-state index contributed by atoms with van der Waals surface area (Å²) in [5.74, 6) is -1.12. The molecule has 37 heavy (non-hydrogen) atoms. The van der Waals surface area contributed by atoms with Gasteiger partial charge in [0.05, 0.1) is 30.2 Å². The van der Waals surface area contributed by atoms with Crippen LogP contribution < -0.4 is 10.6 Å². The number of carbonyl (C=O) groups is 2. The van der Waals surface area contributed by atoms with E-state index in [0.717, 1.165) is 19.6 Å². The van der Waals surface area contributed by atoms with E-state index in [1.165, 1.54) is 31.3 Å². The first-order chi connectivity index (χ1) is 17.7. The maximum Gasteiger partial charge on any atom is 0.427 e. The van der Waals surface area contributed by atoms with Crippen molar-refractivity contribution in [1.82, 2.24) is 19.9 Å². The number of hydrogen-bond acceptors (Lipinski definition) is 7. The summed E-state index contributed by atoms with van der Waals surface area (Å²) in [5, 5.41) is 5.00. The average molecular weight is 531 g/mol. The van der Waals surface area contributed by atoms with E-state index in [9.17, 15) is 22.8 Å². The first kappa shape index (κ1) is 26.4. The second-order valence-electron chi connectivity index (χ2n) is 8.55. The standard InChI is InChI=1S/C25H25F3N6O2S/c1-16(23(36)33-24-31-14-20(37-24)25(26,27)28)17-6-4-7-18(12-17)19-13-30-21(15-29-19)32-22(35)8-5-11-34-9-2-3-10-34/h4-8,12-16H,2-3,9-11H2,1H3,(H,30,32,35)(H,31,33,36)/b8-5+. The maximum atomic E-state index is 12.8. The van der Waals surface area contributed by atoms with Crippen molar-refractivity contribution in [3.63, 3.8) is 0 Å². The lowest BCUT2D eigenvalue weighted by Gasteiger charge is -2.12. The van der Waals surface area contributed by atoms with Crippen molar-refractivity contribution in [3.05, 3.63) is 65.4 Å². The van der Waals surface area contributed by atoms with Gasteiger partial charge in [-0.3, -0.25) is 19.5 Å². The number of halogens is 3. The van der Waals surface area contributed by atoms with Crippen LogP contribution in [0.1, 0.15) is 36.1 Å². The molecule has 0 saturated carbocycles. The topological polar surface area (TPSA) is 100 Å². The molecule has 8 nitrogen and oxygen atoms in total. The number of carbonyl (C=O) groups excluding carboxylic acids is 2. The van der Waals surface area contributed by atoms with Crippen molar-refractivity contribution in [2.45, 2.75) is 31.9 Å². The summed E-state index contributed by atoms with van der Waals surface area (Å²) in [6.07, 6.45) is 4.85. The summed E-state index contributed by atoms with van der Waals surface area (Å²) in [5.41, 5.74) is 1.87. The van der Waals surface area contributed by atoms with Gasteiger partial charge >= 0.3 is 6.18 Å². The van der Waals surface area contributed by atoms with Crippen LogP contribution in [-0.2, 0) is 15.8 Å². The number of rotatable bonds is 8. The highest BCUT2D eigenvalue weighted by atomic mass is 32.1. The Morgan fingerprint density at radius 2 is 1.89 bits per heavy atom. The summed E-state index contributed by atoms with van der Waals surface area (Å²) >= 11 is 0.373. The molecular weight excluding hydrogens is 505 g/mol.